The van der Waals surface area contributed by atoms with Crippen LogP contribution in [0.2, 0.25) is 0 Å². The second-order valence-corrected chi connectivity index (χ2v) is 24.3. The van der Waals surface area contributed by atoms with Crippen molar-refractivity contribution in [3.63, 3.8) is 0 Å². The molecule has 24 heteroatoms. The molecular weight excluding hydrogens is 965 g/mol. The lowest BCUT2D eigenvalue weighted by atomic mass is 9.75. The molecule has 0 spiro atoms. The van der Waals surface area contributed by atoms with Gasteiger partial charge in [0.2, 0.25) is 5.69 Å². The van der Waals surface area contributed by atoms with Gasteiger partial charge in [0.25, 0.3) is 50.6 Å². The van der Waals surface area contributed by atoms with E-state index in [0.717, 1.165) is 22.7 Å². The smallest absolute Gasteiger partial charge is 0.335 e. The number of aromatic carboxylic acids is 1. The summed E-state index contributed by atoms with van der Waals surface area (Å²) < 4.78 is 172. The van der Waals surface area contributed by atoms with Crippen molar-refractivity contribution in [3.8, 4) is 0 Å². The number of benzene rings is 4. The van der Waals surface area contributed by atoms with Crippen LogP contribution in [-0.2, 0) is 61.4 Å². The second kappa shape index (κ2) is 18.0. The zero-order valence-corrected chi connectivity index (χ0v) is 39.6. The first-order valence-corrected chi connectivity index (χ1v) is 27.7. The van der Waals surface area contributed by atoms with Crippen LogP contribution in [0.3, 0.4) is 0 Å². The Kier molecular flexibility index (Phi) is 13.8. The highest BCUT2D eigenvalue weighted by atomic mass is 32.2. The standard InChI is InChI=1S/C42H46N2O17S5/c1-41(2)36(43(19-8-22-63(50,51)52)33-16-13-27-24-28(40(45)46)12-14-30(27)38(33)41)10-5-4-6-11-37-42(3,18-7-21-62(47,48)49)39-32-25-29(65(56,57)58)26-35(66(59,60)61)31(32)15-17-34(39)44(37)20-9-23-64(53,54)55/h4-6,10-17,24-26H,7-9,18-23H2,1-3H3,(H5-,45,46,47,48,49,50,51,52,53,54,55,56,57,58,59,60,61)/p+1. The summed E-state index contributed by atoms with van der Waals surface area (Å²) in [6, 6.07) is 12.6. The van der Waals surface area contributed by atoms with Gasteiger partial charge in [0.15, 0.2) is 5.71 Å². The minimum Gasteiger partial charge on any atom is -0.478 e. The highest BCUT2D eigenvalue weighted by Gasteiger charge is 2.47. The molecule has 66 heavy (non-hydrogen) atoms. The summed E-state index contributed by atoms with van der Waals surface area (Å²) >= 11 is 0. The van der Waals surface area contributed by atoms with Crippen LogP contribution >= 0.6 is 0 Å². The van der Waals surface area contributed by atoms with Crippen LogP contribution in [0.4, 0.5) is 11.4 Å². The van der Waals surface area contributed by atoms with E-state index in [1.165, 1.54) is 18.2 Å². The van der Waals surface area contributed by atoms with E-state index in [0.29, 0.717) is 22.9 Å². The fourth-order valence-corrected chi connectivity index (χ4v) is 11.9. The topological polar surface area (TPSA) is 315 Å². The number of hydrogen-bond donors (Lipinski definition) is 6. The number of fused-ring (bicyclic) bond motifs is 6. The quantitative estimate of drug-likeness (QED) is 0.0404. The van der Waals surface area contributed by atoms with Crippen LogP contribution in [0.1, 0.15) is 67.9 Å². The van der Waals surface area contributed by atoms with Gasteiger partial charge in [-0.15, -0.1) is 0 Å². The molecule has 2 aliphatic heterocycles. The molecule has 6 rings (SSSR count). The summed E-state index contributed by atoms with van der Waals surface area (Å²) in [6.45, 7) is 5.55. The van der Waals surface area contributed by atoms with E-state index in [2.05, 4.69) is 0 Å². The third-order valence-corrected chi connectivity index (χ3v) is 15.9. The molecule has 0 saturated heterocycles. The van der Waals surface area contributed by atoms with Crippen molar-refractivity contribution in [1.29, 1.82) is 0 Å². The minimum absolute atomic E-state index is 0.0416. The van der Waals surface area contributed by atoms with Gasteiger partial charge < -0.3 is 10.0 Å². The molecule has 0 bridgehead atoms. The van der Waals surface area contributed by atoms with Crippen molar-refractivity contribution in [1.82, 2.24) is 0 Å². The van der Waals surface area contributed by atoms with E-state index >= 15 is 0 Å². The monoisotopic (exact) mass is 1010 g/mol. The summed E-state index contributed by atoms with van der Waals surface area (Å²) in [5.74, 6) is -3.04. The maximum absolute atomic E-state index is 12.6. The summed E-state index contributed by atoms with van der Waals surface area (Å²) in [6.07, 6.45) is 7.82. The molecule has 0 fully saturated rings. The van der Waals surface area contributed by atoms with E-state index in [1.807, 2.05) is 18.4 Å². The predicted octanol–water partition coefficient (Wildman–Crippen LogP) is 5.56. The van der Waals surface area contributed by atoms with Crippen molar-refractivity contribution < 1.29 is 79.3 Å². The van der Waals surface area contributed by atoms with Crippen LogP contribution in [0, 0.1) is 0 Å². The number of carbonyl (C=O) groups is 1. The SMILES string of the molecule is CC1(C)C(/C=C/C=C/C=C2/N(CCCS(=O)(=O)O)c3ccc4c(S(=O)(=O)O)cc(S(=O)(=O)O)cc4c3C2(C)CCCS(=O)(=O)O)=[N+](CCCS(=O)(=O)O)c2ccc3cc(C(=O)O)ccc3c21. The van der Waals surface area contributed by atoms with Crippen LogP contribution in [0.5, 0.6) is 0 Å². The molecule has 1 unspecified atom stereocenters. The fourth-order valence-electron chi connectivity index (χ4n) is 9.10. The van der Waals surface area contributed by atoms with E-state index < -0.39 is 94.4 Å². The maximum Gasteiger partial charge on any atom is 0.335 e. The lowest BCUT2D eigenvalue weighted by molar-refractivity contribution is -0.437. The first kappa shape index (κ1) is 50.5. The van der Waals surface area contributed by atoms with Gasteiger partial charge in [-0.2, -0.15) is 46.7 Å². The lowest BCUT2D eigenvalue weighted by Crippen LogP contribution is -2.30. The number of hydrogen-bond acceptors (Lipinski definition) is 12. The molecule has 0 saturated carbocycles. The average molecular weight is 1010 g/mol. The van der Waals surface area contributed by atoms with E-state index in [4.69, 9.17) is 0 Å². The van der Waals surface area contributed by atoms with Gasteiger partial charge in [0, 0.05) is 52.9 Å². The van der Waals surface area contributed by atoms with Crippen molar-refractivity contribution >= 4 is 95.2 Å². The Hall–Kier alpha value is -4.89. The number of carboxylic acids is 1. The molecule has 0 aromatic heterocycles. The van der Waals surface area contributed by atoms with Gasteiger partial charge in [-0.25, -0.2) is 4.79 Å². The molecule has 4 aromatic rings. The van der Waals surface area contributed by atoms with Gasteiger partial charge >= 0.3 is 5.97 Å². The summed E-state index contributed by atoms with van der Waals surface area (Å²) in [5.41, 5.74) is 1.03. The highest BCUT2D eigenvalue weighted by Crippen LogP contribution is 2.54. The predicted molar refractivity (Wildman–Crippen MR) is 246 cm³/mol. The van der Waals surface area contributed by atoms with Crippen molar-refractivity contribution in [2.24, 2.45) is 0 Å². The number of nitrogens with zero attached hydrogens (tertiary/aromatic N) is 2. The Morgan fingerprint density at radius 1 is 0.667 bits per heavy atom. The van der Waals surface area contributed by atoms with Gasteiger partial charge in [0.05, 0.1) is 33.1 Å². The van der Waals surface area contributed by atoms with Gasteiger partial charge in [-0.05, 0) is 104 Å². The summed E-state index contributed by atoms with van der Waals surface area (Å²) in [5, 5.41) is 10.8. The summed E-state index contributed by atoms with van der Waals surface area (Å²) in [4.78, 5) is 11.6. The third-order valence-electron chi connectivity index (χ3n) is 11.8. The van der Waals surface area contributed by atoms with Crippen molar-refractivity contribution in [3.05, 3.63) is 107 Å². The van der Waals surface area contributed by atoms with E-state index in [9.17, 15) is 74.8 Å². The molecular formula is C42H47N2O17S5+. The van der Waals surface area contributed by atoms with Crippen LogP contribution in [-0.4, -0.2) is 117 Å². The van der Waals surface area contributed by atoms with Gasteiger partial charge in [-0.1, -0.05) is 30.4 Å². The first-order chi connectivity index (χ1) is 30.3. The Labute approximate surface area is 382 Å². The van der Waals surface area contributed by atoms with Crippen molar-refractivity contribution in [2.75, 3.05) is 35.2 Å². The molecule has 2 aliphatic rings. The van der Waals surface area contributed by atoms with Crippen LogP contribution < -0.4 is 4.90 Å². The Morgan fingerprint density at radius 2 is 1.29 bits per heavy atom. The van der Waals surface area contributed by atoms with E-state index in [1.54, 1.807) is 66.5 Å². The highest BCUT2D eigenvalue weighted by molar-refractivity contribution is 7.87. The Balaban J connectivity index is 1.51. The molecule has 0 radical (unpaired) electrons. The Bertz CT molecular complexity index is 3390. The normalized spacial score (nSPS) is 18.7. The first-order valence-electron chi connectivity index (χ1n) is 20.0. The largest absolute Gasteiger partial charge is 0.478 e. The average Bonchev–Trinajstić information content (AvgIpc) is 3.54. The molecule has 6 N–H and O–H groups in total. The lowest BCUT2D eigenvalue weighted by Gasteiger charge is -2.31. The molecule has 2 heterocycles. The molecule has 0 aliphatic carbocycles. The number of carboxylic acid groups (broad SMARTS) is 1. The van der Waals surface area contributed by atoms with Crippen molar-refractivity contribution in [2.45, 2.75) is 67.1 Å². The number of allylic oxidation sites excluding steroid dienone is 6. The number of anilines is 1. The summed E-state index contributed by atoms with van der Waals surface area (Å²) in [7, 11) is -23.5. The number of rotatable bonds is 18. The van der Waals surface area contributed by atoms with E-state index in [-0.39, 0.29) is 66.4 Å². The second-order valence-electron chi connectivity index (χ2n) is 16.7. The molecule has 1 atom stereocenters. The molecule has 19 nitrogen and oxygen atoms in total. The third kappa shape index (κ3) is 10.8. The van der Waals surface area contributed by atoms with Crippen LogP contribution in [0.25, 0.3) is 21.5 Å². The Morgan fingerprint density at radius 3 is 1.89 bits per heavy atom. The zero-order valence-electron chi connectivity index (χ0n) is 35.6. The molecule has 356 valence electrons. The van der Waals surface area contributed by atoms with Gasteiger partial charge in [-0.3, -0.25) is 22.8 Å². The minimum atomic E-state index is -5.14. The van der Waals surface area contributed by atoms with Crippen LogP contribution in [0.15, 0.2) is 100 Å². The molecule has 4 aromatic carbocycles. The zero-order chi connectivity index (χ0) is 49.0. The maximum atomic E-state index is 12.6. The molecule has 0 amide bonds. The van der Waals surface area contributed by atoms with Gasteiger partial charge in [0.1, 0.15) is 11.4 Å². The fraction of sp³-hybridized carbons (Fsp3) is 0.333.